The number of imidazole rings is 3. The molecule has 0 bridgehead atoms. The second kappa shape index (κ2) is 36.4. The first-order valence-electron chi connectivity index (χ1n) is 31.8. The molecule has 0 aromatic carbocycles. The number of carbonyl (C=O) groups is 1. The highest BCUT2D eigenvalue weighted by molar-refractivity contribution is 8.54. The Morgan fingerprint density at radius 1 is 0.541 bits per heavy atom. The number of methoxy groups -OCH3 is 2. The number of aromatic nitrogens is 12. The zero-order chi connectivity index (χ0) is 70.2. The lowest BCUT2D eigenvalue weighted by atomic mass is 10.0. The van der Waals surface area contributed by atoms with E-state index in [2.05, 4.69) is 51.8 Å². The second-order valence-corrected chi connectivity index (χ2v) is 34.1. The first-order valence-corrected chi connectivity index (χ1v) is 41.7. The van der Waals surface area contributed by atoms with E-state index in [4.69, 9.17) is 106 Å². The molecule has 0 amide bonds. The third-order valence-corrected chi connectivity index (χ3v) is 23.4. The summed E-state index contributed by atoms with van der Waals surface area (Å²) in [5.41, 5.74) is 19.1. The number of hydrogen-bond acceptors (Lipinski definition) is 33. The fraction of sp³-hybridized carbons (Fsp3) is 0.704. The first kappa shape index (κ1) is 78.1. The van der Waals surface area contributed by atoms with E-state index < -0.39 is 141 Å². The van der Waals surface area contributed by atoms with E-state index in [1.807, 2.05) is 0 Å². The summed E-state index contributed by atoms with van der Waals surface area (Å²) in [7, 11) is -2.23. The van der Waals surface area contributed by atoms with E-state index in [0.29, 0.717) is 17.8 Å². The number of nitrogen functional groups attached to an aromatic ring is 3. The maximum atomic E-state index is 14.0. The number of phosphoric ester groups is 1. The molecule has 3 aliphatic heterocycles. The summed E-state index contributed by atoms with van der Waals surface area (Å²) in [5, 5.41) is 21.3. The van der Waals surface area contributed by atoms with Crippen molar-refractivity contribution in [2.45, 2.75) is 183 Å². The molecule has 6 aromatic heterocycles. The maximum Gasteiger partial charge on any atom is 0.472 e. The Kier molecular flexibility index (Phi) is 29.0. The van der Waals surface area contributed by atoms with Crippen LogP contribution >= 0.6 is 39.4 Å². The van der Waals surface area contributed by atoms with Gasteiger partial charge in [0, 0.05) is 26.4 Å². The number of hydrogen-bond donors (Lipinski definition) is 9. The van der Waals surface area contributed by atoms with E-state index in [9.17, 15) is 38.6 Å². The fourth-order valence-electron chi connectivity index (χ4n) is 11.6. The van der Waals surface area contributed by atoms with Crippen LogP contribution in [-0.2, 0) is 97.6 Å². The lowest BCUT2D eigenvalue weighted by Gasteiger charge is -2.28. The Hall–Kier alpha value is -4.09. The molecular formula is C54H85N15O22P4S3. The van der Waals surface area contributed by atoms with E-state index >= 15 is 0 Å². The normalized spacial score (nSPS) is 26.1. The molecule has 0 aliphatic carbocycles. The minimum atomic E-state index is -4.75. The minimum absolute atomic E-state index is 0.00291. The number of ether oxygens (including phenoxy) is 6. The van der Waals surface area contributed by atoms with Crippen molar-refractivity contribution in [2.24, 2.45) is 0 Å². The van der Waals surface area contributed by atoms with Gasteiger partial charge >= 0.3 is 34.0 Å². The molecular weight excluding hydrogens is 1430 g/mol. The molecule has 6 aromatic rings. The highest BCUT2D eigenvalue weighted by Gasteiger charge is 2.54. The summed E-state index contributed by atoms with van der Waals surface area (Å²) >= 11 is 11.7. The molecule has 0 spiro atoms. The van der Waals surface area contributed by atoms with Crippen LogP contribution in [0.1, 0.15) is 128 Å². The van der Waals surface area contributed by atoms with Crippen molar-refractivity contribution in [2.75, 3.05) is 76.8 Å². The lowest BCUT2D eigenvalue weighted by Crippen LogP contribution is -2.38. The average Bonchev–Trinajstić information content (AvgIpc) is 1.62. The Balaban J connectivity index is 0.837. The number of nitrogens with zero attached hydrogens (tertiary/aromatic N) is 12. The number of phosphoric acid groups is 1. The van der Waals surface area contributed by atoms with Gasteiger partial charge in [-0.25, -0.2) is 54.0 Å². The molecule has 3 fully saturated rings. The molecule has 37 nitrogen and oxygen atoms in total. The third kappa shape index (κ3) is 20.6. The van der Waals surface area contributed by atoms with Crippen LogP contribution in [0.3, 0.4) is 0 Å². The zero-order valence-electron chi connectivity index (χ0n) is 54.0. The molecule has 12 N–H and O–H groups in total. The first-order chi connectivity index (χ1) is 47.0. The Labute approximate surface area is 577 Å². The summed E-state index contributed by atoms with van der Waals surface area (Å²) in [4.78, 5) is 95.9. The number of fused-ring (bicyclic) bond motifs is 3. The van der Waals surface area contributed by atoms with Crippen LogP contribution in [0.25, 0.3) is 33.5 Å². The van der Waals surface area contributed by atoms with E-state index in [1.165, 1.54) is 124 Å². The van der Waals surface area contributed by atoms with Gasteiger partial charge in [0.25, 0.3) is 0 Å². The number of aliphatic hydroxyl groups is 2. The molecule has 9 rings (SSSR count). The third-order valence-electron chi connectivity index (χ3n) is 16.3. The number of carbonyl (C=O) groups excluding carboxylic acids is 1. The molecule has 546 valence electrons. The van der Waals surface area contributed by atoms with E-state index in [-0.39, 0.29) is 69.7 Å². The van der Waals surface area contributed by atoms with Crippen LogP contribution in [0.2, 0.25) is 0 Å². The predicted octanol–water partition coefficient (Wildman–Crippen LogP) is 5.72. The van der Waals surface area contributed by atoms with Crippen molar-refractivity contribution in [1.82, 2.24) is 58.6 Å². The van der Waals surface area contributed by atoms with E-state index in [0.717, 1.165) is 31.9 Å². The minimum Gasteiger partial charge on any atom is -0.465 e. The van der Waals surface area contributed by atoms with E-state index in [1.54, 1.807) is 0 Å². The van der Waals surface area contributed by atoms with Crippen LogP contribution in [-0.4, -0.2) is 209 Å². The molecule has 3 aliphatic rings. The summed E-state index contributed by atoms with van der Waals surface area (Å²) in [6.07, 6.45) is 8.18. The Morgan fingerprint density at radius 3 is 1.39 bits per heavy atom. The van der Waals surface area contributed by atoms with Crippen LogP contribution in [0.4, 0.5) is 17.5 Å². The number of esters is 1. The lowest BCUT2D eigenvalue weighted by molar-refractivity contribution is -0.143. The van der Waals surface area contributed by atoms with Gasteiger partial charge in [0.1, 0.15) is 97.1 Å². The molecule has 9 heterocycles. The van der Waals surface area contributed by atoms with Gasteiger partial charge in [-0.2, -0.15) is 0 Å². The van der Waals surface area contributed by atoms with Crippen LogP contribution in [0.15, 0.2) is 38.0 Å². The monoisotopic (exact) mass is 1520 g/mol. The largest absolute Gasteiger partial charge is 0.472 e. The molecule has 16 atom stereocenters. The van der Waals surface area contributed by atoms with Gasteiger partial charge in [0.15, 0.2) is 53.1 Å². The quantitative estimate of drug-likeness (QED) is 0.0125. The number of anilines is 3. The SMILES string of the molecule is CCCCCCCCCCCCCCCCCC(=O)OCCSP(=O)(O)OC1C(OC)[C@@H](COP(O)(=S)OC2C(O)[C@@H](COP(O)(=S)OC3C(OC)[C@@H](COP(=O)(O)OCCO)O[C@H]3n3cnc4c(N)ncnc43)O[C@H]2n2cnc3c(N)ncnc32)O[C@H]1n1cnc2c(N)ncnc21. The van der Waals surface area contributed by atoms with Gasteiger partial charge in [-0.3, -0.25) is 41.1 Å². The maximum absolute atomic E-state index is 14.0. The van der Waals surface area contributed by atoms with Gasteiger partial charge in [-0.1, -0.05) is 96.8 Å². The summed E-state index contributed by atoms with van der Waals surface area (Å²) < 4.78 is 107. The van der Waals surface area contributed by atoms with Gasteiger partial charge in [0.05, 0.1) is 52.0 Å². The van der Waals surface area contributed by atoms with Gasteiger partial charge < -0.3 is 84.5 Å². The van der Waals surface area contributed by atoms with Crippen molar-refractivity contribution in [3.05, 3.63) is 38.0 Å². The fourth-order valence-corrected chi connectivity index (χ4v) is 17.5. The summed E-state index contributed by atoms with van der Waals surface area (Å²) in [6.45, 7) is -15.0. The van der Waals surface area contributed by atoms with Crippen LogP contribution in [0, 0.1) is 0 Å². The van der Waals surface area contributed by atoms with Gasteiger partial charge in [-0.15, -0.1) is 0 Å². The van der Waals surface area contributed by atoms with Gasteiger partial charge in [0.2, 0.25) is 0 Å². The van der Waals surface area contributed by atoms with Crippen LogP contribution in [0.5, 0.6) is 0 Å². The molecule has 0 saturated carbocycles. The van der Waals surface area contributed by atoms with Gasteiger partial charge in [-0.05, 0) is 41.4 Å². The number of unbranched alkanes of at least 4 members (excludes halogenated alkanes) is 14. The molecule has 3 saturated heterocycles. The predicted molar refractivity (Wildman–Crippen MR) is 360 cm³/mol. The van der Waals surface area contributed by atoms with Crippen molar-refractivity contribution < 1.29 is 104 Å². The Morgan fingerprint density at radius 2 is 0.939 bits per heavy atom. The van der Waals surface area contributed by atoms with Crippen molar-refractivity contribution in [1.29, 1.82) is 0 Å². The molecule has 44 heteroatoms. The topological polar surface area (TPSA) is 501 Å². The van der Waals surface area contributed by atoms with Crippen LogP contribution < -0.4 is 17.2 Å². The average molecular weight is 1520 g/mol. The summed E-state index contributed by atoms with van der Waals surface area (Å²) in [5.74, 6) is -0.549. The Bertz CT molecular complexity index is 3760. The molecule has 98 heavy (non-hydrogen) atoms. The van der Waals surface area contributed by atoms with Crippen molar-refractivity contribution in [3.63, 3.8) is 0 Å². The summed E-state index contributed by atoms with van der Waals surface area (Å²) in [6, 6.07) is 0. The second-order valence-electron chi connectivity index (χ2n) is 23.1. The van der Waals surface area contributed by atoms with Crippen molar-refractivity contribution >= 4 is 120 Å². The number of aliphatic hydroxyl groups excluding tert-OH is 2. The number of rotatable bonds is 43. The molecule has 0 radical (unpaired) electrons. The highest BCUT2D eigenvalue weighted by atomic mass is 32.7. The van der Waals surface area contributed by atoms with Crippen molar-refractivity contribution in [3.8, 4) is 0 Å². The molecule has 10 unspecified atom stereocenters. The number of nitrogens with two attached hydrogens (primary N) is 3. The highest BCUT2D eigenvalue weighted by Crippen LogP contribution is 2.60. The zero-order valence-corrected chi connectivity index (χ0v) is 60.0. The smallest absolute Gasteiger partial charge is 0.465 e. The standard InChI is InChI=1S/C54H85N15O22P4S3/c1-4-5-6-7-8-9-10-11-12-13-14-15-16-17-18-19-36(71)81-22-23-98-93(75,76)89-44-41(79-2)35(88-53(44)68-31-65-38-47(56)59-28-62-50(38)68)26-85-94(77,96)90-43-40(72)33(86-52(43)67-30-64-37-46(55)58-27-61-49(37)67)24-84-95(78,97)91-45-42(80-3)34(25-83-92(73,74)82-21-20-70)87-54(45)69-32-66-39-48(57)60-29-63-51(39)69/h27-35,40-45,52-54,70,72H,4-26H2,1-3H3,(H,73,74)(H,75,76)(H,77,96)(H,78,97)(H2,55,58,61)(H2,56,59,62)(H2,57,60,63)/t33-,34-,35-,40?,41?,42?,43?,44?,45?,52-,53-,54-,94?,95?/m1/s1.